The second-order valence-corrected chi connectivity index (χ2v) is 7.56. The van der Waals surface area contributed by atoms with Gasteiger partial charge in [-0.25, -0.2) is 4.39 Å². The van der Waals surface area contributed by atoms with E-state index in [1.165, 1.54) is 0 Å². The molecular formula is C14H20FNO2S. The molecule has 0 bridgehead atoms. The number of nitrogens with one attached hydrogen (secondary N) is 1. The largest absolute Gasteiger partial charge is 0.598 e. The van der Waals surface area contributed by atoms with Crippen molar-refractivity contribution >= 4 is 17.6 Å². The monoisotopic (exact) mass is 285 g/mol. The van der Waals surface area contributed by atoms with Gasteiger partial charge < -0.3 is 9.35 Å². The Labute approximate surface area is 116 Å². The fourth-order valence-corrected chi connectivity index (χ4v) is 2.46. The lowest BCUT2D eigenvalue weighted by atomic mass is 9.89. The predicted molar refractivity (Wildman–Crippen MR) is 75.8 cm³/mol. The Morgan fingerprint density at radius 2 is 1.79 bits per heavy atom. The van der Waals surface area contributed by atoms with E-state index in [0.717, 1.165) is 0 Å². The number of hydrogen-bond donors (Lipinski definition) is 1. The number of aldehydes is 1. The zero-order chi connectivity index (χ0) is 14.7. The van der Waals surface area contributed by atoms with Crippen molar-refractivity contribution in [3.63, 3.8) is 0 Å². The third kappa shape index (κ3) is 3.78. The van der Waals surface area contributed by atoms with Crippen LogP contribution in [0.2, 0.25) is 0 Å². The fourth-order valence-electron chi connectivity index (χ4n) is 1.54. The van der Waals surface area contributed by atoms with Crippen LogP contribution in [0.5, 0.6) is 0 Å². The molecule has 3 atom stereocenters. The Balaban J connectivity index is 3.12. The first-order chi connectivity index (χ1) is 8.71. The Kier molecular flexibility index (Phi) is 5.12. The molecule has 2 unspecified atom stereocenters. The van der Waals surface area contributed by atoms with Crippen LogP contribution in [0.1, 0.15) is 33.3 Å². The minimum atomic E-state index is -1.78. The van der Waals surface area contributed by atoms with Gasteiger partial charge in [-0.05, 0) is 33.3 Å². The van der Waals surface area contributed by atoms with Crippen LogP contribution in [0.3, 0.4) is 0 Å². The highest BCUT2D eigenvalue weighted by Crippen LogP contribution is 2.29. The number of halogens is 1. The SMILES string of the molecule is CC(N[S+]([O-])C(C)(C)C)(c1ccccc1)[C@@H](F)C=O. The van der Waals surface area contributed by atoms with Gasteiger partial charge in [0.2, 0.25) is 0 Å². The first-order valence-electron chi connectivity index (χ1n) is 6.06. The van der Waals surface area contributed by atoms with Crippen LogP contribution in [0.25, 0.3) is 0 Å². The molecule has 19 heavy (non-hydrogen) atoms. The van der Waals surface area contributed by atoms with E-state index in [4.69, 9.17) is 0 Å². The van der Waals surface area contributed by atoms with E-state index >= 15 is 0 Å². The quantitative estimate of drug-likeness (QED) is 0.668. The van der Waals surface area contributed by atoms with E-state index in [2.05, 4.69) is 4.72 Å². The maximum atomic E-state index is 14.0. The van der Waals surface area contributed by atoms with Crippen LogP contribution in [-0.4, -0.2) is 21.8 Å². The maximum Gasteiger partial charge on any atom is 0.181 e. The second kappa shape index (κ2) is 6.03. The van der Waals surface area contributed by atoms with Gasteiger partial charge in [-0.2, -0.15) is 0 Å². The van der Waals surface area contributed by atoms with Gasteiger partial charge in [-0.1, -0.05) is 30.3 Å². The van der Waals surface area contributed by atoms with Crippen molar-refractivity contribution in [3.8, 4) is 0 Å². The van der Waals surface area contributed by atoms with Gasteiger partial charge in [-0.15, -0.1) is 4.72 Å². The normalized spacial score (nSPS) is 18.4. The second-order valence-electron chi connectivity index (χ2n) is 5.59. The van der Waals surface area contributed by atoms with Crippen molar-refractivity contribution in [1.29, 1.82) is 0 Å². The Morgan fingerprint density at radius 3 is 2.21 bits per heavy atom. The fraction of sp³-hybridized carbons (Fsp3) is 0.500. The molecule has 106 valence electrons. The zero-order valence-electron chi connectivity index (χ0n) is 11.6. The first-order valence-corrected chi connectivity index (χ1v) is 7.21. The van der Waals surface area contributed by atoms with Gasteiger partial charge in [0, 0.05) is 11.4 Å². The summed E-state index contributed by atoms with van der Waals surface area (Å²) in [5.41, 5.74) is -0.714. The Morgan fingerprint density at radius 1 is 1.26 bits per heavy atom. The molecule has 1 rings (SSSR count). The minimum absolute atomic E-state index is 0.236. The van der Waals surface area contributed by atoms with Crippen LogP contribution in [0.15, 0.2) is 30.3 Å². The highest BCUT2D eigenvalue weighted by Gasteiger charge is 2.43. The molecule has 0 aliphatic heterocycles. The van der Waals surface area contributed by atoms with Crippen molar-refractivity contribution in [2.24, 2.45) is 0 Å². The first kappa shape index (κ1) is 16.1. The average Bonchev–Trinajstić information content (AvgIpc) is 2.37. The summed E-state index contributed by atoms with van der Waals surface area (Å²) in [5.74, 6) is 0. The van der Waals surface area contributed by atoms with Crippen molar-refractivity contribution in [1.82, 2.24) is 4.72 Å². The molecule has 0 aromatic heterocycles. The summed E-state index contributed by atoms with van der Waals surface area (Å²) in [4.78, 5) is 10.8. The molecule has 0 fully saturated rings. The number of carbonyl (C=O) groups excluding carboxylic acids is 1. The molecule has 0 aliphatic carbocycles. The molecule has 0 amide bonds. The lowest BCUT2D eigenvalue weighted by Crippen LogP contribution is -2.54. The Hall–Kier alpha value is -0.910. The summed E-state index contributed by atoms with van der Waals surface area (Å²) in [6.07, 6.45) is -1.54. The molecule has 0 aliphatic rings. The van der Waals surface area contributed by atoms with Gasteiger partial charge in [-0.3, -0.25) is 0 Å². The Bertz CT molecular complexity index is 421. The minimum Gasteiger partial charge on any atom is -0.598 e. The van der Waals surface area contributed by atoms with Gasteiger partial charge in [0.05, 0.1) is 0 Å². The number of carbonyl (C=O) groups is 1. The third-order valence-corrected chi connectivity index (χ3v) is 4.63. The molecule has 0 saturated carbocycles. The molecule has 0 heterocycles. The number of benzene rings is 1. The third-order valence-electron chi connectivity index (χ3n) is 2.91. The van der Waals surface area contributed by atoms with E-state index in [1.807, 2.05) is 0 Å². The number of rotatable bonds is 5. The van der Waals surface area contributed by atoms with Gasteiger partial charge >= 0.3 is 0 Å². The van der Waals surface area contributed by atoms with Crippen molar-refractivity contribution in [3.05, 3.63) is 35.9 Å². The molecule has 3 nitrogen and oxygen atoms in total. The lowest BCUT2D eigenvalue weighted by molar-refractivity contribution is -0.114. The molecule has 1 aromatic carbocycles. The summed E-state index contributed by atoms with van der Waals surface area (Å²) in [6.45, 7) is 6.91. The highest BCUT2D eigenvalue weighted by atomic mass is 32.2. The van der Waals surface area contributed by atoms with Gasteiger partial charge in [0.1, 0.15) is 10.3 Å². The van der Waals surface area contributed by atoms with Crippen LogP contribution in [0.4, 0.5) is 4.39 Å². The van der Waals surface area contributed by atoms with Crippen LogP contribution in [0, 0.1) is 0 Å². The summed E-state index contributed by atoms with van der Waals surface area (Å²) >= 11 is -1.48. The molecule has 1 N–H and O–H groups in total. The molecule has 0 radical (unpaired) electrons. The lowest BCUT2D eigenvalue weighted by Gasteiger charge is -2.35. The summed E-state index contributed by atoms with van der Waals surface area (Å²) < 4.78 is 28.5. The zero-order valence-corrected chi connectivity index (χ0v) is 12.5. The van der Waals surface area contributed by atoms with Crippen molar-refractivity contribution < 1.29 is 13.7 Å². The van der Waals surface area contributed by atoms with Gasteiger partial charge in [0.15, 0.2) is 12.5 Å². The van der Waals surface area contributed by atoms with E-state index in [-0.39, 0.29) is 6.29 Å². The van der Waals surface area contributed by atoms with Crippen LogP contribution in [-0.2, 0) is 21.7 Å². The molecule has 0 spiro atoms. The molecule has 5 heteroatoms. The standard InChI is InChI=1S/C14H20FNO2S/c1-13(2,3)19(18)16-14(4,12(15)10-17)11-8-6-5-7-9-11/h5-10,12,16H,1-4H3/t12-,14?,19?/m0/s1. The summed E-state index contributed by atoms with van der Waals surface area (Å²) in [6, 6.07) is 8.74. The smallest absolute Gasteiger partial charge is 0.181 e. The molecular weight excluding hydrogens is 265 g/mol. The van der Waals surface area contributed by atoms with Crippen molar-refractivity contribution in [2.75, 3.05) is 0 Å². The topological polar surface area (TPSA) is 52.2 Å². The summed E-state index contributed by atoms with van der Waals surface area (Å²) in [7, 11) is 0. The van der Waals surface area contributed by atoms with Gasteiger partial charge in [0.25, 0.3) is 0 Å². The average molecular weight is 285 g/mol. The van der Waals surface area contributed by atoms with E-state index in [1.54, 1.807) is 58.0 Å². The predicted octanol–water partition coefficient (Wildman–Crippen LogP) is 2.49. The van der Waals surface area contributed by atoms with E-state index in [0.29, 0.717) is 5.56 Å². The van der Waals surface area contributed by atoms with E-state index < -0.39 is 27.8 Å². The van der Waals surface area contributed by atoms with Crippen LogP contribution >= 0.6 is 0 Å². The maximum absolute atomic E-state index is 14.0. The van der Waals surface area contributed by atoms with Crippen LogP contribution < -0.4 is 4.72 Å². The number of alkyl halides is 1. The van der Waals surface area contributed by atoms with E-state index in [9.17, 15) is 13.7 Å². The highest BCUT2D eigenvalue weighted by molar-refractivity contribution is 7.90. The van der Waals surface area contributed by atoms with Crippen molar-refractivity contribution in [2.45, 2.75) is 44.2 Å². The molecule has 1 aromatic rings. The number of hydrogen-bond acceptors (Lipinski definition) is 3. The summed E-state index contributed by atoms with van der Waals surface area (Å²) in [5, 5.41) is 0. The molecule has 0 saturated heterocycles.